The predicted octanol–water partition coefficient (Wildman–Crippen LogP) is 3.88. The number of benzene rings is 2. The minimum atomic E-state index is 0.00273. The van der Waals surface area contributed by atoms with Crippen LogP contribution in [-0.2, 0) is 11.3 Å². The number of amides is 1. The highest BCUT2D eigenvalue weighted by atomic mass is 79.9. The van der Waals surface area contributed by atoms with Crippen molar-refractivity contribution in [3.63, 3.8) is 0 Å². The fraction of sp³-hybridized carbons (Fsp3) is 0.278. The molecule has 0 fully saturated rings. The number of hydrogen-bond donors (Lipinski definition) is 2. The van der Waals surface area contributed by atoms with E-state index in [9.17, 15) is 4.79 Å². The van der Waals surface area contributed by atoms with Gasteiger partial charge in [-0.1, -0.05) is 34.1 Å². The summed E-state index contributed by atoms with van der Waals surface area (Å²) in [7, 11) is 1.66. The number of anilines is 1. The van der Waals surface area contributed by atoms with Crippen LogP contribution in [0.2, 0.25) is 0 Å². The molecule has 0 radical (unpaired) electrons. The second-order valence-electron chi connectivity index (χ2n) is 5.25. The molecule has 0 saturated carbocycles. The lowest BCUT2D eigenvalue weighted by molar-refractivity contribution is -0.116. The molecule has 0 bridgehead atoms. The van der Waals surface area contributed by atoms with Crippen LogP contribution < -0.4 is 15.4 Å². The van der Waals surface area contributed by atoms with Gasteiger partial charge in [-0.25, -0.2) is 0 Å². The summed E-state index contributed by atoms with van der Waals surface area (Å²) in [6.45, 7) is 3.26. The van der Waals surface area contributed by atoms with E-state index < -0.39 is 0 Å². The molecule has 0 aliphatic carbocycles. The Balaban J connectivity index is 1.76. The van der Waals surface area contributed by atoms with Crippen LogP contribution in [0.25, 0.3) is 0 Å². The summed E-state index contributed by atoms with van der Waals surface area (Å²) in [4.78, 5) is 12.0. The van der Waals surface area contributed by atoms with Crippen LogP contribution in [0.4, 0.5) is 5.69 Å². The third-order valence-corrected chi connectivity index (χ3v) is 3.99. The van der Waals surface area contributed by atoms with Gasteiger partial charge in [0, 0.05) is 35.2 Å². The van der Waals surface area contributed by atoms with Gasteiger partial charge in [-0.15, -0.1) is 0 Å². The van der Waals surface area contributed by atoms with Crippen molar-refractivity contribution in [2.75, 3.05) is 19.0 Å². The van der Waals surface area contributed by atoms with Gasteiger partial charge in [0.1, 0.15) is 5.75 Å². The maximum Gasteiger partial charge on any atom is 0.225 e. The monoisotopic (exact) mass is 376 g/mol. The Bertz CT molecular complexity index is 674. The summed E-state index contributed by atoms with van der Waals surface area (Å²) >= 11 is 3.41. The number of hydrogen-bond acceptors (Lipinski definition) is 3. The highest BCUT2D eigenvalue weighted by molar-refractivity contribution is 9.10. The number of methoxy groups -OCH3 is 1. The number of halogens is 1. The quantitative estimate of drug-likeness (QED) is 0.720. The zero-order chi connectivity index (χ0) is 16.7. The fourth-order valence-electron chi connectivity index (χ4n) is 2.25. The highest BCUT2D eigenvalue weighted by Gasteiger charge is 2.06. The second-order valence-corrected chi connectivity index (χ2v) is 6.16. The van der Waals surface area contributed by atoms with Gasteiger partial charge >= 0.3 is 0 Å². The van der Waals surface area contributed by atoms with E-state index in [1.165, 1.54) is 0 Å². The molecular weight excluding hydrogens is 356 g/mol. The second kappa shape index (κ2) is 8.70. The van der Waals surface area contributed by atoms with Gasteiger partial charge in [0.15, 0.2) is 0 Å². The first-order valence-corrected chi connectivity index (χ1v) is 8.28. The Kier molecular flexibility index (Phi) is 6.62. The van der Waals surface area contributed by atoms with Gasteiger partial charge in [-0.3, -0.25) is 4.79 Å². The number of rotatable bonds is 7. The summed E-state index contributed by atoms with van der Waals surface area (Å²) < 4.78 is 6.31. The number of ether oxygens (including phenoxy) is 1. The average Bonchev–Trinajstić information content (AvgIpc) is 2.54. The normalized spacial score (nSPS) is 10.4. The van der Waals surface area contributed by atoms with E-state index in [0.29, 0.717) is 19.5 Å². The lowest BCUT2D eigenvalue weighted by Crippen LogP contribution is -2.22. The van der Waals surface area contributed by atoms with Crippen molar-refractivity contribution in [2.45, 2.75) is 19.9 Å². The number of carbonyl (C=O) groups excluding carboxylic acids is 1. The minimum Gasteiger partial charge on any atom is -0.496 e. The SMILES string of the molecule is COc1ccccc1CNCCC(=O)Nc1ccc(Br)cc1C. The van der Waals surface area contributed by atoms with Crippen molar-refractivity contribution in [1.29, 1.82) is 0 Å². The summed E-state index contributed by atoms with van der Waals surface area (Å²) in [6.07, 6.45) is 0.421. The molecule has 122 valence electrons. The van der Waals surface area contributed by atoms with Crippen LogP contribution in [-0.4, -0.2) is 19.6 Å². The molecule has 2 aromatic rings. The van der Waals surface area contributed by atoms with Crippen molar-refractivity contribution >= 4 is 27.5 Å². The number of carbonyl (C=O) groups is 1. The Hall–Kier alpha value is -1.85. The number of aryl methyl sites for hydroxylation is 1. The molecule has 0 unspecified atom stereocenters. The molecule has 2 aromatic carbocycles. The van der Waals surface area contributed by atoms with Crippen LogP contribution in [0.1, 0.15) is 17.5 Å². The Morgan fingerprint density at radius 3 is 2.74 bits per heavy atom. The van der Waals surface area contributed by atoms with E-state index in [2.05, 4.69) is 26.6 Å². The molecule has 2 rings (SSSR count). The number of para-hydroxylation sites is 1. The van der Waals surface area contributed by atoms with Crippen molar-refractivity contribution < 1.29 is 9.53 Å². The summed E-state index contributed by atoms with van der Waals surface area (Å²) in [5.41, 5.74) is 2.97. The molecule has 0 atom stereocenters. The van der Waals surface area contributed by atoms with E-state index >= 15 is 0 Å². The fourth-order valence-corrected chi connectivity index (χ4v) is 2.73. The predicted molar refractivity (Wildman–Crippen MR) is 96.8 cm³/mol. The molecule has 5 heteroatoms. The molecule has 0 heterocycles. The molecule has 23 heavy (non-hydrogen) atoms. The zero-order valence-electron chi connectivity index (χ0n) is 13.4. The van der Waals surface area contributed by atoms with Crippen molar-refractivity contribution in [2.24, 2.45) is 0 Å². The van der Waals surface area contributed by atoms with Crippen LogP contribution in [0, 0.1) is 6.92 Å². The first kappa shape index (κ1) is 17.5. The summed E-state index contributed by atoms with van der Waals surface area (Å²) in [5, 5.41) is 6.20. The maximum atomic E-state index is 12.0. The van der Waals surface area contributed by atoms with E-state index in [-0.39, 0.29) is 5.91 Å². The first-order chi connectivity index (χ1) is 11.1. The highest BCUT2D eigenvalue weighted by Crippen LogP contribution is 2.20. The molecule has 0 aliphatic rings. The van der Waals surface area contributed by atoms with Gasteiger partial charge in [0.25, 0.3) is 0 Å². The summed E-state index contributed by atoms with van der Waals surface area (Å²) in [5.74, 6) is 0.859. The Morgan fingerprint density at radius 2 is 2.00 bits per heavy atom. The van der Waals surface area contributed by atoms with Crippen LogP contribution in [0.3, 0.4) is 0 Å². The summed E-state index contributed by atoms with van der Waals surface area (Å²) in [6, 6.07) is 13.7. The molecule has 2 N–H and O–H groups in total. The van der Waals surface area contributed by atoms with Crippen molar-refractivity contribution in [3.05, 3.63) is 58.1 Å². The van der Waals surface area contributed by atoms with E-state index in [0.717, 1.165) is 27.0 Å². The number of nitrogens with one attached hydrogen (secondary N) is 2. The third-order valence-electron chi connectivity index (χ3n) is 3.50. The van der Waals surface area contributed by atoms with Crippen molar-refractivity contribution in [3.8, 4) is 5.75 Å². The zero-order valence-corrected chi connectivity index (χ0v) is 14.9. The maximum absolute atomic E-state index is 12.0. The standard InChI is InChI=1S/C18H21BrN2O2/c1-13-11-15(19)7-8-16(13)21-18(22)9-10-20-12-14-5-3-4-6-17(14)23-2/h3-8,11,20H,9-10,12H2,1-2H3,(H,21,22). The van der Waals surface area contributed by atoms with Gasteiger partial charge in [0.05, 0.1) is 7.11 Å². The minimum absolute atomic E-state index is 0.00273. The van der Waals surface area contributed by atoms with Crippen LogP contribution >= 0.6 is 15.9 Å². The largest absolute Gasteiger partial charge is 0.496 e. The molecule has 0 aliphatic heterocycles. The van der Waals surface area contributed by atoms with Gasteiger partial charge in [-0.05, 0) is 36.8 Å². The van der Waals surface area contributed by atoms with E-state index in [1.54, 1.807) is 7.11 Å². The Morgan fingerprint density at radius 1 is 1.22 bits per heavy atom. The van der Waals surface area contributed by atoms with E-state index in [4.69, 9.17) is 4.74 Å². The first-order valence-electron chi connectivity index (χ1n) is 7.49. The van der Waals surface area contributed by atoms with Gasteiger partial charge < -0.3 is 15.4 Å². The molecule has 0 saturated heterocycles. The average molecular weight is 377 g/mol. The van der Waals surface area contributed by atoms with Gasteiger partial charge in [-0.2, -0.15) is 0 Å². The third kappa shape index (κ3) is 5.37. The molecule has 0 aromatic heterocycles. The topological polar surface area (TPSA) is 50.4 Å². The van der Waals surface area contributed by atoms with Crippen molar-refractivity contribution in [1.82, 2.24) is 5.32 Å². The molecule has 1 amide bonds. The molecular formula is C18H21BrN2O2. The molecule has 0 spiro atoms. The molecule has 4 nitrogen and oxygen atoms in total. The van der Waals surface area contributed by atoms with Crippen LogP contribution in [0.15, 0.2) is 46.9 Å². The Labute approximate surface area is 145 Å². The van der Waals surface area contributed by atoms with Gasteiger partial charge in [0.2, 0.25) is 5.91 Å². The lowest BCUT2D eigenvalue weighted by atomic mass is 10.2. The van der Waals surface area contributed by atoms with E-state index in [1.807, 2.05) is 49.4 Å². The van der Waals surface area contributed by atoms with Crippen LogP contribution in [0.5, 0.6) is 5.75 Å². The lowest BCUT2D eigenvalue weighted by Gasteiger charge is -2.10. The smallest absolute Gasteiger partial charge is 0.225 e.